The Balaban J connectivity index is 1.59. The first kappa shape index (κ1) is 19.4. The monoisotopic (exact) mass is 434 g/mol. The highest BCUT2D eigenvalue weighted by Gasteiger charge is 2.50. The van der Waals surface area contributed by atoms with E-state index in [1.54, 1.807) is 24.3 Å². The molecule has 148 valence electrons. The number of hydrogen-bond acceptors (Lipinski definition) is 5. The number of carbonyl (C=O) groups excluding carboxylic acids is 2. The molecule has 0 spiro atoms. The maximum Gasteiger partial charge on any atom is 0.325 e. The van der Waals surface area contributed by atoms with E-state index in [2.05, 4.69) is 15.5 Å². The largest absolute Gasteiger partial charge is 0.337 e. The molecule has 3 amide bonds. The molecule has 1 unspecified atom stereocenters. The summed E-state index contributed by atoms with van der Waals surface area (Å²) >= 11 is 12.1. The minimum Gasteiger partial charge on any atom is -0.337 e. The lowest BCUT2D eigenvalue weighted by Crippen LogP contribution is -2.41. The fraction of sp³-hybridized carbons (Fsp3) is 0.158. The van der Waals surface area contributed by atoms with Gasteiger partial charge >= 0.3 is 6.03 Å². The lowest BCUT2D eigenvalue weighted by atomic mass is 9.92. The van der Waals surface area contributed by atoms with Crippen LogP contribution in [0.5, 0.6) is 0 Å². The molecule has 1 atom stereocenters. The molecular formula is C19H13Cl2FN4O3. The van der Waals surface area contributed by atoms with Gasteiger partial charge in [-0.15, -0.1) is 0 Å². The first-order valence-corrected chi connectivity index (χ1v) is 9.22. The number of hydrogen-bond donors (Lipinski definition) is 1. The predicted molar refractivity (Wildman–Crippen MR) is 103 cm³/mol. The van der Waals surface area contributed by atoms with Crippen LogP contribution in [-0.2, 0) is 16.9 Å². The number of urea groups is 1. The highest BCUT2D eigenvalue weighted by Crippen LogP contribution is 2.34. The van der Waals surface area contributed by atoms with Crippen molar-refractivity contribution >= 4 is 35.1 Å². The number of rotatable bonds is 4. The molecule has 0 saturated carbocycles. The number of nitrogens with zero attached hydrogens (tertiary/aromatic N) is 3. The number of aromatic nitrogens is 2. The smallest absolute Gasteiger partial charge is 0.325 e. The molecule has 1 aromatic heterocycles. The zero-order chi connectivity index (χ0) is 20.8. The molecular weight excluding hydrogens is 422 g/mol. The van der Waals surface area contributed by atoms with E-state index in [9.17, 15) is 14.0 Å². The maximum atomic E-state index is 13.4. The second-order valence-corrected chi connectivity index (χ2v) is 7.44. The second-order valence-electron chi connectivity index (χ2n) is 6.59. The summed E-state index contributed by atoms with van der Waals surface area (Å²) in [7, 11) is 0. The molecule has 3 aromatic rings. The van der Waals surface area contributed by atoms with Gasteiger partial charge in [0.2, 0.25) is 11.7 Å². The summed E-state index contributed by atoms with van der Waals surface area (Å²) in [6.45, 7) is 1.27. The number of halogens is 3. The third kappa shape index (κ3) is 3.45. The summed E-state index contributed by atoms with van der Waals surface area (Å²) in [6, 6.07) is 9.83. The van der Waals surface area contributed by atoms with E-state index in [4.69, 9.17) is 27.7 Å². The molecule has 0 radical (unpaired) electrons. The van der Waals surface area contributed by atoms with E-state index in [0.717, 1.165) is 11.0 Å². The Labute approximate surface area is 174 Å². The summed E-state index contributed by atoms with van der Waals surface area (Å²) in [5.41, 5.74) is -0.531. The van der Waals surface area contributed by atoms with Crippen molar-refractivity contribution in [2.24, 2.45) is 0 Å². The molecule has 10 heteroatoms. The van der Waals surface area contributed by atoms with Crippen LogP contribution in [-0.4, -0.2) is 27.0 Å². The molecule has 4 rings (SSSR count). The lowest BCUT2D eigenvalue weighted by molar-refractivity contribution is -0.131. The van der Waals surface area contributed by atoms with Gasteiger partial charge in [0.05, 0.1) is 0 Å². The van der Waals surface area contributed by atoms with Crippen LogP contribution >= 0.6 is 23.2 Å². The van der Waals surface area contributed by atoms with Crippen LogP contribution in [0.3, 0.4) is 0 Å². The van der Waals surface area contributed by atoms with Gasteiger partial charge in [0.15, 0.2) is 0 Å². The zero-order valence-electron chi connectivity index (χ0n) is 14.9. The van der Waals surface area contributed by atoms with Crippen LogP contribution in [0, 0.1) is 5.82 Å². The van der Waals surface area contributed by atoms with Crippen molar-refractivity contribution in [1.29, 1.82) is 0 Å². The van der Waals surface area contributed by atoms with Crippen molar-refractivity contribution in [3.8, 4) is 11.4 Å². The van der Waals surface area contributed by atoms with Crippen LogP contribution < -0.4 is 5.32 Å². The number of nitrogens with one attached hydrogen (secondary N) is 1. The van der Waals surface area contributed by atoms with E-state index in [1.807, 2.05) is 0 Å². The van der Waals surface area contributed by atoms with Crippen LogP contribution in [0.1, 0.15) is 18.4 Å². The van der Waals surface area contributed by atoms with Crippen molar-refractivity contribution < 1.29 is 18.5 Å². The molecule has 2 aromatic carbocycles. The molecule has 2 heterocycles. The van der Waals surface area contributed by atoms with E-state index in [1.165, 1.54) is 19.1 Å². The van der Waals surface area contributed by atoms with E-state index in [0.29, 0.717) is 10.6 Å². The second kappa shape index (κ2) is 7.13. The number of amides is 3. The van der Waals surface area contributed by atoms with Crippen molar-refractivity contribution in [3.05, 3.63) is 69.8 Å². The number of carbonyl (C=O) groups is 2. The topological polar surface area (TPSA) is 88.3 Å². The predicted octanol–water partition coefficient (Wildman–Crippen LogP) is 4.15. The third-order valence-electron chi connectivity index (χ3n) is 4.59. The first-order valence-electron chi connectivity index (χ1n) is 8.46. The molecule has 1 saturated heterocycles. The fourth-order valence-corrected chi connectivity index (χ4v) is 3.66. The van der Waals surface area contributed by atoms with Gasteiger partial charge in [0.1, 0.15) is 17.9 Å². The Kier molecular flexibility index (Phi) is 4.76. The minimum atomic E-state index is -1.45. The average Bonchev–Trinajstić information content (AvgIpc) is 3.21. The molecule has 0 bridgehead atoms. The number of benzene rings is 2. The van der Waals surface area contributed by atoms with Crippen molar-refractivity contribution in [2.45, 2.75) is 19.0 Å². The van der Waals surface area contributed by atoms with E-state index in [-0.39, 0.29) is 28.8 Å². The van der Waals surface area contributed by atoms with Crippen molar-refractivity contribution in [1.82, 2.24) is 20.4 Å². The molecule has 0 aliphatic carbocycles. The Bertz CT molecular complexity index is 1140. The van der Waals surface area contributed by atoms with E-state index >= 15 is 0 Å². The Morgan fingerprint density at radius 2 is 2.00 bits per heavy atom. The van der Waals surface area contributed by atoms with Crippen LogP contribution in [0.2, 0.25) is 10.0 Å². The summed E-state index contributed by atoms with van der Waals surface area (Å²) in [5, 5.41) is 7.00. The van der Waals surface area contributed by atoms with Crippen molar-refractivity contribution in [3.63, 3.8) is 0 Å². The van der Waals surface area contributed by atoms with Gasteiger partial charge < -0.3 is 9.84 Å². The zero-order valence-corrected chi connectivity index (χ0v) is 16.5. The lowest BCUT2D eigenvalue weighted by Gasteiger charge is -2.23. The van der Waals surface area contributed by atoms with Crippen LogP contribution in [0.25, 0.3) is 11.4 Å². The Morgan fingerprint density at radius 1 is 1.21 bits per heavy atom. The Morgan fingerprint density at radius 3 is 2.72 bits per heavy atom. The van der Waals surface area contributed by atoms with Crippen molar-refractivity contribution in [2.75, 3.05) is 0 Å². The quantitative estimate of drug-likeness (QED) is 0.623. The average molecular weight is 435 g/mol. The molecule has 1 aliphatic heterocycles. The summed E-state index contributed by atoms with van der Waals surface area (Å²) in [4.78, 5) is 30.6. The van der Waals surface area contributed by atoms with Gasteiger partial charge in [-0.25, -0.2) is 9.18 Å². The van der Waals surface area contributed by atoms with Crippen LogP contribution in [0.4, 0.5) is 9.18 Å². The number of imide groups is 1. The molecule has 7 nitrogen and oxygen atoms in total. The Hall–Kier alpha value is -2.97. The highest BCUT2D eigenvalue weighted by atomic mass is 35.5. The van der Waals surface area contributed by atoms with Crippen LogP contribution in [0.15, 0.2) is 47.0 Å². The standard InChI is InChI=1S/C19H13Cl2FN4O3/c1-19(13-6-5-12(22)8-14(13)21)17(27)26(18(28)24-19)9-15-23-16(25-29-15)10-3-2-4-11(20)7-10/h2-8H,9H2,1H3,(H,24,28). The minimum absolute atomic E-state index is 0.0315. The summed E-state index contributed by atoms with van der Waals surface area (Å²) < 4.78 is 18.5. The summed E-state index contributed by atoms with van der Waals surface area (Å²) in [5.74, 6) is -0.772. The molecule has 1 N–H and O–H groups in total. The summed E-state index contributed by atoms with van der Waals surface area (Å²) in [6.07, 6.45) is 0. The van der Waals surface area contributed by atoms with Gasteiger partial charge in [-0.1, -0.05) is 46.6 Å². The van der Waals surface area contributed by atoms with E-state index < -0.39 is 23.3 Å². The third-order valence-corrected chi connectivity index (χ3v) is 5.14. The molecule has 1 aliphatic rings. The maximum absolute atomic E-state index is 13.4. The molecule has 29 heavy (non-hydrogen) atoms. The van der Waals surface area contributed by atoms with Gasteiger partial charge in [-0.3, -0.25) is 9.69 Å². The highest BCUT2D eigenvalue weighted by molar-refractivity contribution is 6.32. The first-order chi connectivity index (χ1) is 13.8. The van der Waals surface area contributed by atoms with Gasteiger partial charge in [-0.2, -0.15) is 4.98 Å². The van der Waals surface area contributed by atoms with Gasteiger partial charge in [-0.05, 0) is 31.2 Å². The van der Waals surface area contributed by atoms with Gasteiger partial charge in [0.25, 0.3) is 5.91 Å². The fourth-order valence-electron chi connectivity index (χ4n) is 3.12. The van der Waals surface area contributed by atoms with Gasteiger partial charge in [0, 0.05) is 21.2 Å². The SMILES string of the molecule is CC1(c2ccc(F)cc2Cl)NC(=O)N(Cc2nc(-c3cccc(Cl)c3)no2)C1=O. The molecule has 1 fully saturated rings. The normalized spacial score (nSPS) is 19.0.